The third kappa shape index (κ3) is 4.55. The number of hydrogen-bond acceptors (Lipinski definition) is 4. The van der Waals surface area contributed by atoms with Gasteiger partial charge in [-0.3, -0.25) is 4.79 Å². The summed E-state index contributed by atoms with van der Waals surface area (Å²) in [6.45, 7) is 0.396. The third-order valence-electron chi connectivity index (χ3n) is 4.67. The van der Waals surface area contributed by atoms with Crippen molar-refractivity contribution in [2.45, 2.75) is 19.4 Å². The molecule has 3 aromatic carbocycles. The topological polar surface area (TPSA) is 56.8 Å². The van der Waals surface area contributed by atoms with E-state index in [2.05, 4.69) is 35.6 Å². The number of benzene rings is 3. The highest BCUT2D eigenvalue weighted by Gasteiger charge is 2.13. The minimum atomic E-state index is 0.00177. The molecule has 28 heavy (non-hydrogen) atoms. The minimum Gasteiger partial charge on any atom is -0.493 e. The highest BCUT2D eigenvalue weighted by atomic mass is 16.5. The molecule has 1 N–H and O–H groups in total. The molecule has 0 radical (unpaired) electrons. The Balaban J connectivity index is 1.59. The van der Waals surface area contributed by atoms with Gasteiger partial charge in [0.1, 0.15) is 0 Å². The van der Waals surface area contributed by atoms with Gasteiger partial charge in [0.2, 0.25) is 11.7 Å². The second-order valence-electron chi connectivity index (χ2n) is 6.49. The first-order valence-corrected chi connectivity index (χ1v) is 9.18. The van der Waals surface area contributed by atoms with Gasteiger partial charge < -0.3 is 19.5 Å². The highest BCUT2D eigenvalue weighted by molar-refractivity contribution is 5.83. The molecule has 0 aliphatic carbocycles. The van der Waals surface area contributed by atoms with Crippen LogP contribution in [0.2, 0.25) is 0 Å². The second-order valence-corrected chi connectivity index (χ2v) is 6.49. The Bertz CT molecular complexity index is 943. The zero-order valence-electron chi connectivity index (χ0n) is 16.5. The van der Waals surface area contributed by atoms with E-state index in [4.69, 9.17) is 14.2 Å². The monoisotopic (exact) mass is 379 g/mol. The van der Waals surface area contributed by atoms with E-state index >= 15 is 0 Å². The first-order chi connectivity index (χ1) is 13.6. The molecule has 0 spiro atoms. The van der Waals surface area contributed by atoms with E-state index in [-0.39, 0.29) is 5.91 Å². The number of hydrogen-bond donors (Lipinski definition) is 1. The fourth-order valence-corrected chi connectivity index (χ4v) is 3.18. The van der Waals surface area contributed by atoms with Gasteiger partial charge in [0, 0.05) is 13.0 Å². The number of nitrogens with one attached hydrogen (secondary N) is 1. The number of fused-ring (bicyclic) bond motifs is 1. The smallest absolute Gasteiger partial charge is 0.220 e. The van der Waals surface area contributed by atoms with E-state index in [0.717, 1.165) is 11.1 Å². The molecule has 0 unspecified atom stereocenters. The van der Waals surface area contributed by atoms with Gasteiger partial charge in [0.15, 0.2) is 11.5 Å². The summed E-state index contributed by atoms with van der Waals surface area (Å²) in [5.74, 6) is 1.68. The fourth-order valence-electron chi connectivity index (χ4n) is 3.18. The lowest BCUT2D eigenvalue weighted by Gasteiger charge is -2.14. The summed E-state index contributed by atoms with van der Waals surface area (Å²) >= 11 is 0. The average molecular weight is 379 g/mol. The normalized spacial score (nSPS) is 10.5. The third-order valence-corrected chi connectivity index (χ3v) is 4.67. The molecule has 5 heteroatoms. The van der Waals surface area contributed by atoms with E-state index < -0.39 is 0 Å². The molecule has 0 fully saturated rings. The van der Waals surface area contributed by atoms with Gasteiger partial charge >= 0.3 is 0 Å². The molecule has 3 rings (SSSR count). The Kier molecular flexibility index (Phi) is 6.37. The lowest BCUT2D eigenvalue weighted by atomic mass is 10.0. The molecule has 0 aromatic heterocycles. The van der Waals surface area contributed by atoms with Gasteiger partial charge in [-0.1, -0.05) is 42.5 Å². The molecule has 0 saturated carbocycles. The Morgan fingerprint density at radius 3 is 2.14 bits per heavy atom. The molecule has 3 aromatic rings. The van der Waals surface area contributed by atoms with Gasteiger partial charge in [-0.15, -0.1) is 0 Å². The van der Waals surface area contributed by atoms with Crippen LogP contribution in [-0.2, 0) is 17.8 Å². The van der Waals surface area contributed by atoms with E-state index in [1.165, 1.54) is 10.8 Å². The van der Waals surface area contributed by atoms with Gasteiger partial charge in [-0.05, 0) is 40.5 Å². The summed E-state index contributed by atoms with van der Waals surface area (Å²) in [6, 6.07) is 18.2. The van der Waals surface area contributed by atoms with E-state index in [1.54, 1.807) is 21.3 Å². The summed E-state index contributed by atoms with van der Waals surface area (Å²) < 4.78 is 16.0. The van der Waals surface area contributed by atoms with Crippen molar-refractivity contribution in [2.75, 3.05) is 21.3 Å². The van der Waals surface area contributed by atoms with Crippen molar-refractivity contribution in [3.05, 3.63) is 65.7 Å². The molecule has 0 heterocycles. The van der Waals surface area contributed by atoms with Crippen LogP contribution in [0.1, 0.15) is 17.5 Å². The van der Waals surface area contributed by atoms with Crippen LogP contribution in [0.4, 0.5) is 0 Å². The number of carbonyl (C=O) groups excluding carboxylic acids is 1. The van der Waals surface area contributed by atoms with Crippen molar-refractivity contribution >= 4 is 16.7 Å². The van der Waals surface area contributed by atoms with E-state index in [0.29, 0.717) is 36.6 Å². The van der Waals surface area contributed by atoms with Crippen molar-refractivity contribution in [2.24, 2.45) is 0 Å². The Labute approximate surface area is 165 Å². The molecular formula is C23H25NO4. The van der Waals surface area contributed by atoms with Crippen molar-refractivity contribution in [3.8, 4) is 17.2 Å². The number of carbonyl (C=O) groups is 1. The summed E-state index contributed by atoms with van der Waals surface area (Å²) in [7, 11) is 4.71. The second kappa shape index (κ2) is 9.13. The Morgan fingerprint density at radius 1 is 0.821 bits per heavy atom. The summed E-state index contributed by atoms with van der Waals surface area (Å²) in [6.07, 6.45) is 1.13. The first-order valence-electron chi connectivity index (χ1n) is 9.18. The van der Waals surface area contributed by atoms with Crippen LogP contribution in [-0.4, -0.2) is 27.2 Å². The van der Waals surface area contributed by atoms with Crippen LogP contribution in [0.3, 0.4) is 0 Å². The summed E-state index contributed by atoms with van der Waals surface area (Å²) in [5, 5.41) is 5.35. The summed E-state index contributed by atoms with van der Waals surface area (Å²) in [4.78, 5) is 12.3. The van der Waals surface area contributed by atoms with Crippen LogP contribution >= 0.6 is 0 Å². The zero-order chi connectivity index (χ0) is 19.9. The lowest BCUT2D eigenvalue weighted by Crippen LogP contribution is -2.23. The molecule has 0 saturated heterocycles. The Hall–Kier alpha value is -3.21. The largest absolute Gasteiger partial charge is 0.493 e. The quantitative estimate of drug-likeness (QED) is 0.640. The maximum absolute atomic E-state index is 12.3. The number of methoxy groups -OCH3 is 3. The molecule has 0 aliphatic heterocycles. The lowest BCUT2D eigenvalue weighted by molar-refractivity contribution is -0.121. The molecule has 0 bridgehead atoms. The number of aryl methyl sites for hydroxylation is 1. The molecule has 5 nitrogen and oxygen atoms in total. The molecule has 0 aliphatic rings. The molecule has 0 atom stereocenters. The van der Waals surface area contributed by atoms with Gasteiger partial charge in [0.25, 0.3) is 0 Å². The maximum Gasteiger partial charge on any atom is 0.220 e. The highest BCUT2D eigenvalue weighted by Crippen LogP contribution is 2.38. The van der Waals surface area contributed by atoms with Crippen molar-refractivity contribution < 1.29 is 19.0 Å². The fraction of sp³-hybridized carbons (Fsp3) is 0.261. The van der Waals surface area contributed by atoms with Crippen LogP contribution in [0.15, 0.2) is 54.6 Å². The SMILES string of the molecule is COc1cc(CNC(=O)CCc2ccc3ccccc3c2)cc(OC)c1OC. The van der Waals surface area contributed by atoms with Crippen molar-refractivity contribution in [1.82, 2.24) is 5.32 Å². The van der Waals surface area contributed by atoms with Crippen molar-refractivity contribution in [1.29, 1.82) is 0 Å². The van der Waals surface area contributed by atoms with Gasteiger partial charge in [-0.25, -0.2) is 0 Å². The standard InChI is InChI=1S/C23H25NO4/c1-26-20-13-17(14-21(27-2)23(20)28-3)15-24-22(25)11-9-16-8-10-18-6-4-5-7-19(18)12-16/h4-8,10,12-14H,9,11,15H2,1-3H3,(H,24,25). The van der Waals surface area contributed by atoms with Crippen LogP contribution in [0.25, 0.3) is 10.8 Å². The minimum absolute atomic E-state index is 0.00177. The van der Waals surface area contributed by atoms with Crippen LogP contribution in [0, 0.1) is 0 Å². The molecular weight excluding hydrogens is 354 g/mol. The maximum atomic E-state index is 12.3. The van der Waals surface area contributed by atoms with E-state index in [9.17, 15) is 4.79 Å². The van der Waals surface area contributed by atoms with Crippen LogP contribution in [0.5, 0.6) is 17.2 Å². The number of ether oxygens (including phenoxy) is 3. The van der Waals surface area contributed by atoms with Gasteiger partial charge in [-0.2, -0.15) is 0 Å². The molecule has 146 valence electrons. The number of rotatable bonds is 8. The Morgan fingerprint density at radius 2 is 1.50 bits per heavy atom. The predicted molar refractivity (Wildman–Crippen MR) is 110 cm³/mol. The van der Waals surface area contributed by atoms with Crippen LogP contribution < -0.4 is 19.5 Å². The first kappa shape index (κ1) is 19.5. The number of amides is 1. The molecule has 1 amide bonds. The summed E-state index contributed by atoms with van der Waals surface area (Å²) in [5.41, 5.74) is 2.04. The predicted octanol–water partition coefficient (Wildman–Crippen LogP) is 4.11. The average Bonchev–Trinajstić information content (AvgIpc) is 2.75. The van der Waals surface area contributed by atoms with E-state index in [1.807, 2.05) is 24.3 Å². The van der Waals surface area contributed by atoms with Gasteiger partial charge in [0.05, 0.1) is 21.3 Å². The zero-order valence-corrected chi connectivity index (χ0v) is 16.5. The van der Waals surface area contributed by atoms with Crippen molar-refractivity contribution in [3.63, 3.8) is 0 Å².